The Kier molecular flexibility index (Phi) is 5.59. The Bertz CT molecular complexity index is 1050. The zero-order chi connectivity index (χ0) is 21.2. The number of hydrogen-bond acceptors (Lipinski definition) is 6. The van der Waals surface area contributed by atoms with Crippen molar-refractivity contribution in [2.24, 2.45) is 0 Å². The van der Waals surface area contributed by atoms with Crippen molar-refractivity contribution in [1.29, 1.82) is 0 Å². The summed E-state index contributed by atoms with van der Waals surface area (Å²) in [5.74, 6) is 1.88. The monoisotopic (exact) mass is 419 g/mol. The predicted molar refractivity (Wildman–Crippen MR) is 122 cm³/mol. The number of pyridine rings is 1. The van der Waals surface area contributed by atoms with Crippen LogP contribution in [0.2, 0.25) is 0 Å². The van der Waals surface area contributed by atoms with Crippen LogP contribution in [-0.2, 0) is 4.74 Å². The van der Waals surface area contributed by atoms with Gasteiger partial charge in [0.1, 0.15) is 5.39 Å². The van der Waals surface area contributed by atoms with Gasteiger partial charge in [-0.3, -0.25) is 0 Å². The van der Waals surface area contributed by atoms with E-state index in [0.717, 1.165) is 10.4 Å². The summed E-state index contributed by atoms with van der Waals surface area (Å²) in [6, 6.07) is 12.3. The Morgan fingerprint density at radius 2 is 1.90 bits per heavy atom. The van der Waals surface area contributed by atoms with Crippen LogP contribution in [-0.4, -0.2) is 35.8 Å². The molecule has 31 heavy (non-hydrogen) atoms. The van der Waals surface area contributed by atoms with Crippen molar-refractivity contribution in [1.82, 2.24) is 9.97 Å². The van der Waals surface area contributed by atoms with Crippen LogP contribution in [0.1, 0.15) is 50.5 Å². The molecule has 0 bridgehead atoms. The molecule has 1 N–H and O–H groups in total. The molecule has 1 aliphatic carbocycles. The number of benzene rings is 1. The Morgan fingerprint density at radius 1 is 1.10 bits per heavy atom. The summed E-state index contributed by atoms with van der Waals surface area (Å²) in [6.45, 7) is 4.07. The normalized spacial score (nSPS) is 20.2. The van der Waals surface area contributed by atoms with Crippen molar-refractivity contribution < 1.29 is 9.47 Å². The minimum atomic E-state index is 0.104. The first-order valence-electron chi connectivity index (χ1n) is 11.3. The molecule has 3 aromatic rings. The number of ether oxygens (including phenoxy) is 1. The third-order valence-corrected chi connectivity index (χ3v) is 6.38. The molecule has 2 fully saturated rings. The highest BCUT2D eigenvalue weighted by molar-refractivity contribution is 5.87. The molecule has 1 aliphatic heterocycles. The molecule has 0 radical (unpaired) electrons. The van der Waals surface area contributed by atoms with Crippen LogP contribution >= 0.6 is 0 Å². The van der Waals surface area contributed by atoms with E-state index < -0.39 is 0 Å². The molecule has 1 aromatic carbocycles. The maximum atomic E-state index is 12.5. The molecular formula is C24H29N5O2. The summed E-state index contributed by atoms with van der Waals surface area (Å²) < 4.78 is 6.46. The lowest BCUT2D eigenvalue weighted by Gasteiger charge is -2.29. The lowest BCUT2D eigenvalue weighted by molar-refractivity contribution is -0.579. The van der Waals surface area contributed by atoms with Crippen LogP contribution < -0.4 is 14.9 Å². The highest BCUT2D eigenvalue weighted by Crippen LogP contribution is 2.33. The van der Waals surface area contributed by atoms with Gasteiger partial charge in [0.15, 0.2) is 5.82 Å². The molecule has 1 atom stereocenters. The van der Waals surface area contributed by atoms with E-state index >= 15 is 0 Å². The van der Waals surface area contributed by atoms with Gasteiger partial charge in [-0.1, -0.05) is 31.4 Å². The van der Waals surface area contributed by atoms with Gasteiger partial charge in [0.25, 0.3) is 0 Å². The summed E-state index contributed by atoms with van der Waals surface area (Å²) in [4.78, 5) is 11.5. The van der Waals surface area contributed by atoms with E-state index in [9.17, 15) is 5.21 Å². The van der Waals surface area contributed by atoms with E-state index in [1.807, 2.05) is 13.0 Å². The SMILES string of the molecule is CC1CN(c2nc(Nc3ccc(C4CCCCC4)cc3)c3ccc[n+]([O-])c3n2)CCO1. The fourth-order valence-corrected chi connectivity index (χ4v) is 4.70. The second kappa shape index (κ2) is 8.67. The van der Waals surface area contributed by atoms with Gasteiger partial charge in [0.05, 0.1) is 18.9 Å². The van der Waals surface area contributed by atoms with Crippen molar-refractivity contribution in [3.05, 3.63) is 53.4 Å². The highest BCUT2D eigenvalue weighted by Gasteiger charge is 2.25. The third-order valence-electron chi connectivity index (χ3n) is 6.38. The lowest BCUT2D eigenvalue weighted by Crippen LogP contribution is -2.42. The van der Waals surface area contributed by atoms with E-state index in [4.69, 9.17) is 9.72 Å². The summed E-state index contributed by atoms with van der Waals surface area (Å²) in [5, 5.41) is 16.6. The Balaban J connectivity index is 1.46. The molecule has 1 unspecified atom stereocenters. The molecule has 3 heterocycles. The summed E-state index contributed by atoms with van der Waals surface area (Å²) >= 11 is 0. The molecule has 7 nitrogen and oxygen atoms in total. The van der Waals surface area contributed by atoms with Gasteiger partial charge >= 0.3 is 11.6 Å². The number of nitrogens with zero attached hydrogens (tertiary/aromatic N) is 4. The highest BCUT2D eigenvalue weighted by atomic mass is 16.5. The van der Waals surface area contributed by atoms with Crippen LogP contribution in [0.15, 0.2) is 42.6 Å². The lowest BCUT2D eigenvalue weighted by atomic mass is 9.84. The maximum absolute atomic E-state index is 12.5. The number of fused-ring (bicyclic) bond motifs is 1. The second-order valence-corrected chi connectivity index (χ2v) is 8.65. The number of morpholine rings is 1. The molecule has 162 valence electrons. The van der Waals surface area contributed by atoms with E-state index in [2.05, 4.69) is 39.5 Å². The van der Waals surface area contributed by atoms with Crippen molar-refractivity contribution in [2.45, 2.75) is 51.0 Å². The Labute approximate surface area is 182 Å². The number of anilines is 3. The fourth-order valence-electron chi connectivity index (χ4n) is 4.70. The molecule has 0 spiro atoms. The van der Waals surface area contributed by atoms with E-state index in [1.54, 1.807) is 6.07 Å². The van der Waals surface area contributed by atoms with Crippen molar-refractivity contribution in [3.8, 4) is 0 Å². The van der Waals surface area contributed by atoms with Crippen molar-refractivity contribution in [3.63, 3.8) is 0 Å². The molecule has 5 rings (SSSR count). The van der Waals surface area contributed by atoms with Crippen LogP contribution in [0.5, 0.6) is 0 Å². The average Bonchev–Trinajstić information content (AvgIpc) is 2.81. The average molecular weight is 420 g/mol. The minimum Gasteiger partial charge on any atom is -0.710 e. The van der Waals surface area contributed by atoms with Crippen LogP contribution in [0, 0.1) is 5.21 Å². The quantitative estimate of drug-likeness (QED) is 0.502. The number of aromatic nitrogens is 3. The Hall–Kier alpha value is -2.93. The number of rotatable bonds is 4. The molecule has 1 saturated heterocycles. The maximum Gasteiger partial charge on any atom is 0.343 e. The summed E-state index contributed by atoms with van der Waals surface area (Å²) in [7, 11) is 0. The van der Waals surface area contributed by atoms with Gasteiger partial charge in [0.2, 0.25) is 0 Å². The summed E-state index contributed by atoms with van der Waals surface area (Å²) in [5.41, 5.74) is 2.74. The molecular weight excluding hydrogens is 390 g/mol. The number of nitrogens with one attached hydrogen (secondary N) is 1. The predicted octanol–water partition coefficient (Wildman–Crippen LogP) is 4.28. The van der Waals surface area contributed by atoms with E-state index in [0.29, 0.717) is 48.4 Å². The van der Waals surface area contributed by atoms with E-state index in [1.165, 1.54) is 43.9 Å². The first kappa shape index (κ1) is 20.0. The van der Waals surface area contributed by atoms with Crippen molar-refractivity contribution in [2.75, 3.05) is 29.9 Å². The molecule has 2 aliphatic rings. The van der Waals surface area contributed by atoms with Gasteiger partial charge in [-0.25, -0.2) is 4.73 Å². The minimum absolute atomic E-state index is 0.104. The third kappa shape index (κ3) is 4.28. The molecule has 0 amide bonds. The van der Waals surface area contributed by atoms with Gasteiger partial charge in [-0.2, -0.15) is 4.98 Å². The molecule has 7 heteroatoms. The molecule has 2 aromatic heterocycles. The molecule has 1 saturated carbocycles. The van der Waals surface area contributed by atoms with Crippen LogP contribution in [0.25, 0.3) is 11.0 Å². The first-order valence-corrected chi connectivity index (χ1v) is 11.3. The van der Waals surface area contributed by atoms with Crippen molar-refractivity contribution >= 4 is 28.5 Å². The second-order valence-electron chi connectivity index (χ2n) is 8.65. The largest absolute Gasteiger partial charge is 0.710 e. The Morgan fingerprint density at radius 3 is 2.68 bits per heavy atom. The standard InChI is InChI=1S/C24H29N5O2/c1-17-16-28(14-15-31-17)24-26-22(21-8-5-13-29(30)23(21)27-24)25-20-11-9-19(10-12-20)18-6-3-2-4-7-18/h5,8-13,17-18H,2-4,6-7,14-16H2,1H3,(H,25,26,27). The zero-order valence-electron chi connectivity index (χ0n) is 18.0. The smallest absolute Gasteiger partial charge is 0.343 e. The number of hydrogen-bond donors (Lipinski definition) is 1. The van der Waals surface area contributed by atoms with Gasteiger partial charge < -0.3 is 20.2 Å². The van der Waals surface area contributed by atoms with Gasteiger partial charge in [-0.05, 0) is 60.5 Å². The van der Waals surface area contributed by atoms with Crippen LogP contribution in [0.3, 0.4) is 0 Å². The first-order chi connectivity index (χ1) is 15.2. The topological polar surface area (TPSA) is 77.2 Å². The van der Waals surface area contributed by atoms with Crippen LogP contribution in [0.4, 0.5) is 17.5 Å². The summed E-state index contributed by atoms with van der Waals surface area (Å²) in [6.07, 6.45) is 8.17. The zero-order valence-corrected chi connectivity index (χ0v) is 18.0. The fraction of sp³-hybridized carbons (Fsp3) is 0.458. The van der Waals surface area contributed by atoms with Gasteiger partial charge in [0, 0.05) is 18.8 Å². The van der Waals surface area contributed by atoms with Gasteiger partial charge in [-0.15, -0.1) is 0 Å². The van der Waals surface area contributed by atoms with E-state index in [-0.39, 0.29) is 6.10 Å².